The fourth-order valence-electron chi connectivity index (χ4n) is 3.05. The summed E-state index contributed by atoms with van der Waals surface area (Å²) in [7, 11) is -0.921. The van der Waals surface area contributed by atoms with E-state index in [0.717, 1.165) is 49.2 Å². The molecule has 1 fully saturated rings. The van der Waals surface area contributed by atoms with Crippen molar-refractivity contribution >= 4 is 23.0 Å². The Morgan fingerprint density at radius 2 is 1.85 bits per heavy atom. The summed E-state index contributed by atoms with van der Waals surface area (Å²) in [5.41, 5.74) is 0.710. The lowest BCUT2D eigenvalue weighted by Gasteiger charge is -2.33. The smallest absolute Gasteiger partial charge is 0.410 e. The molecule has 0 saturated carbocycles. The predicted octanol–water partition coefficient (Wildman–Crippen LogP) is 4.86. The Morgan fingerprint density at radius 3 is 2.38 bits per heavy atom. The van der Waals surface area contributed by atoms with Gasteiger partial charge in [0.05, 0.1) is 0 Å². The summed E-state index contributed by atoms with van der Waals surface area (Å²) in [5.74, 6) is 0.670. The molecule has 1 heterocycles. The molecule has 0 spiro atoms. The first-order chi connectivity index (χ1) is 12.2. The van der Waals surface area contributed by atoms with Crippen LogP contribution in [0, 0.1) is 5.92 Å². The van der Waals surface area contributed by atoms with Gasteiger partial charge in [-0.3, -0.25) is 4.21 Å². The van der Waals surface area contributed by atoms with Crippen molar-refractivity contribution in [2.24, 2.45) is 5.92 Å². The number of hydrogen-bond donors (Lipinski definition) is 0. The fraction of sp³-hybridized carbons (Fsp3) is 0.571. The Bertz CT molecular complexity index is 638. The number of allylic oxidation sites excluding steroid dienone is 1. The number of amides is 1. The normalized spacial score (nSPS) is 17.5. The lowest BCUT2D eigenvalue weighted by atomic mass is 9.92. The summed E-state index contributed by atoms with van der Waals surface area (Å²) in [4.78, 5) is 14.8. The molecule has 0 aliphatic carbocycles. The van der Waals surface area contributed by atoms with E-state index in [-0.39, 0.29) is 6.09 Å². The van der Waals surface area contributed by atoms with Gasteiger partial charge in [0.15, 0.2) is 0 Å². The van der Waals surface area contributed by atoms with Gasteiger partial charge in [-0.05, 0) is 70.1 Å². The number of ether oxygens (including phenoxy) is 1. The van der Waals surface area contributed by atoms with Crippen molar-refractivity contribution in [3.63, 3.8) is 0 Å². The van der Waals surface area contributed by atoms with Gasteiger partial charge in [0, 0.05) is 35.0 Å². The molecule has 1 saturated heterocycles. The van der Waals surface area contributed by atoms with Gasteiger partial charge in [-0.2, -0.15) is 0 Å². The number of nitrogens with zero attached hydrogens (tertiary/aromatic N) is 1. The maximum absolute atomic E-state index is 12.1. The second-order valence-electron chi connectivity index (χ2n) is 7.91. The SMILES string of the molecule is CS(=O)c1ccc(/C=C/CCC2CCN(C(=O)OC(C)(C)C)CC2)cc1. The minimum atomic E-state index is -0.921. The van der Waals surface area contributed by atoms with Crippen LogP contribution in [0.5, 0.6) is 0 Å². The van der Waals surface area contributed by atoms with E-state index < -0.39 is 16.4 Å². The molecule has 1 atom stereocenters. The van der Waals surface area contributed by atoms with E-state index >= 15 is 0 Å². The molecule has 0 bridgehead atoms. The molecule has 0 aromatic heterocycles. The van der Waals surface area contributed by atoms with Crippen LogP contribution in [-0.4, -0.2) is 40.1 Å². The van der Waals surface area contributed by atoms with E-state index in [1.54, 1.807) is 6.26 Å². The summed E-state index contributed by atoms with van der Waals surface area (Å²) in [5, 5.41) is 0. The van der Waals surface area contributed by atoms with Crippen molar-refractivity contribution in [2.45, 2.75) is 57.0 Å². The van der Waals surface area contributed by atoms with Crippen LogP contribution in [0.4, 0.5) is 4.79 Å². The minimum Gasteiger partial charge on any atom is -0.444 e. The van der Waals surface area contributed by atoms with Gasteiger partial charge >= 0.3 is 6.09 Å². The van der Waals surface area contributed by atoms with E-state index in [1.807, 2.05) is 49.9 Å². The zero-order valence-electron chi connectivity index (χ0n) is 16.4. The Labute approximate surface area is 160 Å². The van der Waals surface area contributed by atoms with E-state index in [9.17, 15) is 9.00 Å². The first-order valence-electron chi connectivity index (χ1n) is 9.32. The average Bonchev–Trinajstić information content (AvgIpc) is 2.58. The quantitative estimate of drug-likeness (QED) is 0.736. The van der Waals surface area contributed by atoms with E-state index in [1.165, 1.54) is 0 Å². The number of benzene rings is 1. The molecule has 26 heavy (non-hydrogen) atoms. The number of likely N-dealkylation sites (tertiary alicyclic amines) is 1. The summed E-state index contributed by atoms with van der Waals surface area (Å²) < 4.78 is 16.8. The second-order valence-corrected chi connectivity index (χ2v) is 9.29. The number of piperidine rings is 1. The van der Waals surface area contributed by atoms with Crippen molar-refractivity contribution in [1.29, 1.82) is 0 Å². The highest BCUT2D eigenvalue weighted by atomic mass is 32.2. The van der Waals surface area contributed by atoms with Crippen LogP contribution < -0.4 is 0 Å². The van der Waals surface area contributed by atoms with Gasteiger partial charge in [-0.1, -0.05) is 24.3 Å². The minimum absolute atomic E-state index is 0.188. The van der Waals surface area contributed by atoms with Crippen molar-refractivity contribution in [3.8, 4) is 0 Å². The standard InChI is InChI=1S/C21H31NO3S/c1-21(2,3)25-20(23)22-15-13-18(14-16-22)8-6-5-7-17-9-11-19(12-10-17)26(4)24/h5,7,9-12,18H,6,8,13-16H2,1-4H3/b7-5+. The number of rotatable bonds is 5. The molecule has 144 valence electrons. The van der Waals surface area contributed by atoms with Crippen LogP contribution in [0.3, 0.4) is 0 Å². The van der Waals surface area contributed by atoms with Crippen LogP contribution in [0.1, 0.15) is 52.0 Å². The highest BCUT2D eigenvalue weighted by Gasteiger charge is 2.26. The Morgan fingerprint density at radius 1 is 1.23 bits per heavy atom. The number of carbonyl (C=O) groups is 1. The average molecular weight is 378 g/mol. The summed E-state index contributed by atoms with van der Waals surface area (Å²) in [6.45, 7) is 7.29. The van der Waals surface area contributed by atoms with Crippen LogP contribution in [0.2, 0.25) is 0 Å². The molecule has 1 amide bonds. The third-order valence-electron chi connectivity index (χ3n) is 4.53. The van der Waals surface area contributed by atoms with Gasteiger partial charge in [-0.15, -0.1) is 0 Å². The van der Waals surface area contributed by atoms with Crippen molar-refractivity contribution in [1.82, 2.24) is 4.90 Å². The van der Waals surface area contributed by atoms with Gasteiger partial charge in [0.1, 0.15) is 5.60 Å². The maximum Gasteiger partial charge on any atom is 0.410 e. The molecule has 1 aliphatic heterocycles. The topological polar surface area (TPSA) is 46.6 Å². The fourth-order valence-corrected chi connectivity index (χ4v) is 3.57. The Balaban J connectivity index is 1.70. The maximum atomic E-state index is 12.1. The Kier molecular flexibility index (Phi) is 7.44. The third-order valence-corrected chi connectivity index (χ3v) is 5.47. The zero-order chi connectivity index (χ0) is 19.2. The molecule has 0 radical (unpaired) electrons. The molecule has 1 aromatic rings. The zero-order valence-corrected chi connectivity index (χ0v) is 17.2. The molecule has 0 N–H and O–H groups in total. The molecular formula is C21H31NO3S. The molecule has 1 unspecified atom stereocenters. The first kappa shape index (κ1) is 20.7. The largest absolute Gasteiger partial charge is 0.444 e. The van der Waals surface area contributed by atoms with Crippen molar-refractivity contribution in [3.05, 3.63) is 35.9 Å². The third kappa shape index (κ3) is 6.94. The van der Waals surface area contributed by atoms with Crippen LogP contribution in [-0.2, 0) is 15.5 Å². The molecule has 5 heteroatoms. The van der Waals surface area contributed by atoms with Gasteiger partial charge in [-0.25, -0.2) is 4.79 Å². The van der Waals surface area contributed by atoms with Crippen LogP contribution in [0.15, 0.2) is 35.2 Å². The molecular weight excluding hydrogens is 346 g/mol. The molecule has 1 aromatic carbocycles. The molecule has 4 nitrogen and oxygen atoms in total. The number of hydrogen-bond acceptors (Lipinski definition) is 3. The monoisotopic (exact) mass is 377 g/mol. The summed E-state index contributed by atoms with van der Waals surface area (Å²) >= 11 is 0. The lowest BCUT2D eigenvalue weighted by Crippen LogP contribution is -2.41. The van der Waals surface area contributed by atoms with Crippen LogP contribution >= 0.6 is 0 Å². The van der Waals surface area contributed by atoms with Gasteiger partial charge in [0.25, 0.3) is 0 Å². The molecule has 2 rings (SSSR count). The molecule has 1 aliphatic rings. The van der Waals surface area contributed by atoms with Crippen molar-refractivity contribution in [2.75, 3.05) is 19.3 Å². The highest BCUT2D eigenvalue weighted by Crippen LogP contribution is 2.23. The highest BCUT2D eigenvalue weighted by molar-refractivity contribution is 7.84. The summed E-state index contributed by atoms with van der Waals surface area (Å²) in [6, 6.07) is 7.85. The van der Waals surface area contributed by atoms with Crippen LogP contribution in [0.25, 0.3) is 6.08 Å². The van der Waals surface area contributed by atoms with E-state index in [0.29, 0.717) is 5.92 Å². The van der Waals surface area contributed by atoms with Gasteiger partial charge in [0.2, 0.25) is 0 Å². The predicted molar refractivity (Wildman–Crippen MR) is 108 cm³/mol. The summed E-state index contributed by atoms with van der Waals surface area (Å²) in [6.07, 6.45) is 10.1. The lowest BCUT2D eigenvalue weighted by molar-refractivity contribution is 0.0181. The van der Waals surface area contributed by atoms with E-state index in [2.05, 4.69) is 12.2 Å². The number of carbonyl (C=O) groups excluding carboxylic acids is 1. The van der Waals surface area contributed by atoms with Gasteiger partial charge < -0.3 is 9.64 Å². The van der Waals surface area contributed by atoms with Crippen molar-refractivity contribution < 1.29 is 13.7 Å². The van der Waals surface area contributed by atoms with E-state index in [4.69, 9.17) is 4.74 Å². The first-order valence-corrected chi connectivity index (χ1v) is 10.9. The Hall–Kier alpha value is -1.62. The second kappa shape index (κ2) is 9.36.